The molecule has 0 fully saturated rings. The van der Waals surface area contributed by atoms with E-state index in [-0.39, 0.29) is 5.91 Å². The fourth-order valence-electron chi connectivity index (χ4n) is 2.13. The quantitative estimate of drug-likeness (QED) is 0.520. The molecule has 0 aromatic heterocycles. The van der Waals surface area contributed by atoms with Crippen molar-refractivity contribution in [1.82, 2.24) is 5.43 Å². The zero-order chi connectivity index (χ0) is 14.4. The van der Waals surface area contributed by atoms with Crippen LogP contribution in [-0.4, -0.2) is 26.2 Å². The molecule has 1 aliphatic carbocycles. The Balaban J connectivity index is 1.88. The molecule has 20 heavy (non-hydrogen) atoms. The van der Waals surface area contributed by atoms with Gasteiger partial charge in [0.15, 0.2) is 0 Å². The van der Waals surface area contributed by atoms with Gasteiger partial charge in [0.25, 0.3) is 5.91 Å². The second-order valence-electron chi connectivity index (χ2n) is 5.20. The van der Waals surface area contributed by atoms with Gasteiger partial charge in [-0.2, -0.15) is 5.10 Å². The van der Waals surface area contributed by atoms with Crippen molar-refractivity contribution in [2.45, 2.75) is 19.3 Å². The molecule has 4 nitrogen and oxygen atoms in total. The van der Waals surface area contributed by atoms with Gasteiger partial charge in [-0.15, -0.1) is 0 Å². The van der Waals surface area contributed by atoms with Gasteiger partial charge in [-0.25, -0.2) is 5.43 Å². The fraction of sp³-hybridized carbons (Fsp3) is 0.375. The predicted octanol–water partition coefficient (Wildman–Crippen LogP) is 2.82. The van der Waals surface area contributed by atoms with Gasteiger partial charge in [-0.05, 0) is 49.4 Å². The lowest BCUT2D eigenvalue weighted by Crippen LogP contribution is -2.19. The first-order chi connectivity index (χ1) is 9.66. The third-order valence-corrected chi connectivity index (χ3v) is 3.41. The van der Waals surface area contributed by atoms with E-state index in [1.54, 1.807) is 0 Å². The summed E-state index contributed by atoms with van der Waals surface area (Å²) in [5.74, 6) is 0.273. The second-order valence-corrected chi connectivity index (χ2v) is 5.20. The molecule has 0 bridgehead atoms. The van der Waals surface area contributed by atoms with Gasteiger partial charge < -0.3 is 4.90 Å². The van der Waals surface area contributed by atoms with Crippen LogP contribution in [0.4, 0.5) is 5.69 Å². The van der Waals surface area contributed by atoms with E-state index >= 15 is 0 Å². The summed E-state index contributed by atoms with van der Waals surface area (Å²) in [5, 5.41) is 4.06. The third kappa shape index (κ3) is 3.95. The highest BCUT2D eigenvalue weighted by Crippen LogP contribution is 2.15. The Kier molecular flexibility index (Phi) is 4.93. The van der Waals surface area contributed by atoms with Gasteiger partial charge in [0.2, 0.25) is 0 Å². The molecule has 1 N–H and O–H groups in total. The molecular weight excluding hydrogens is 250 g/mol. The number of rotatable bonds is 4. The first kappa shape index (κ1) is 14.3. The van der Waals surface area contributed by atoms with E-state index in [1.165, 1.54) is 0 Å². The molecule has 1 amide bonds. The molecule has 1 aromatic carbocycles. The van der Waals surface area contributed by atoms with Crippen LogP contribution in [0.2, 0.25) is 0 Å². The van der Waals surface area contributed by atoms with Gasteiger partial charge in [-0.1, -0.05) is 12.2 Å². The van der Waals surface area contributed by atoms with E-state index in [1.807, 2.05) is 49.5 Å². The van der Waals surface area contributed by atoms with E-state index in [0.717, 1.165) is 24.9 Å². The van der Waals surface area contributed by atoms with Gasteiger partial charge in [0, 0.05) is 31.6 Å². The SMILES string of the molecule is CN(C)c1ccc(C(=O)N/N=C/C2CC=CCC2)cc1. The molecule has 1 atom stereocenters. The highest BCUT2D eigenvalue weighted by molar-refractivity contribution is 5.94. The Labute approximate surface area is 120 Å². The van der Waals surface area contributed by atoms with Crippen LogP contribution < -0.4 is 10.3 Å². The lowest BCUT2D eigenvalue weighted by atomic mass is 9.96. The van der Waals surface area contributed by atoms with E-state index < -0.39 is 0 Å². The van der Waals surface area contributed by atoms with Gasteiger partial charge in [-0.3, -0.25) is 4.79 Å². The average Bonchev–Trinajstić information content (AvgIpc) is 2.48. The molecule has 2 rings (SSSR count). The van der Waals surface area contributed by atoms with E-state index in [4.69, 9.17) is 0 Å². The molecule has 0 saturated carbocycles. The molecule has 0 saturated heterocycles. The van der Waals surface area contributed by atoms with Crippen molar-refractivity contribution in [3.63, 3.8) is 0 Å². The summed E-state index contributed by atoms with van der Waals surface area (Å²) in [6.45, 7) is 0. The van der Waals surface area contributed by atoms with Crippen molar-refractivity contribution >= 4 is 17.8 Å². The monoisotopic (exact) mass is 271 g/mol. The van der Waals surface area contributed by atoms with Crippen LogP contribution in [-0.2, 0) is 0 Å². The number of hydrazone groups is 1. The zero-order valence-electron chi connectivity index (χ0n) is 12.0. The van der Waals surface area contributed by atoms with Crippen molar-refractivity contribution < 1.29 is 4.79 Å². The summed E-state index contributed by atoms with van der Waals surface area (Å²) in [6, 6.07) is 7.46. The third-order valence-electron chi connectivity index (χ3n) is 3.41. The average molecular weight is 271 g/mol. The molecule has 1 aliphatic rings. The number of nitrogens with zero attached hydrogens (tertiary/aromatic N) is 2. The number of amides is 1. The number of hydrogen-bond acceptors (Lipinski definition) is 3. The molecule has 1 unspecified atom stereocenters. The Morgan fingerprint density at radius 1 is 1.30 bits per heavy atom. The molecule has 0 spiro atoms. The molecule has 0 radical (unpaired) electrons. The molecule has 4 heteroatoms. The van der Waals surface area contributed by atoms with Gasteiger partial charge in [0.05, 0.1) is 0 Å². The molecule has 106 valence electrons. The van der Waals surface area contributed by atoms with E-state index in [2.05, 4.69) is 22.7 Å². The maximum atomic E-state index is 11.9. The van der Waals surface area contributed by atoms with Crippen molar-refractivity contribution in [1.29, 1.82) is 0 Å². The van der Waals surface area contributed by atoms with Crippen molar-refractivity contribution in [3.05, 3.63) is 42.0 Å². The van der Waals surface area contributed by atoms with E-state index in [0.29, 0.717) is 11.5 Å². The van der Waals surface area contributed by atoms with Crippen LogP contribution in [0.25, 0.3) is 0 Å². The summed E-state index contributed by atoms with van der Waals surface area (Å²) < 4.78 is 0. The van der Waals surface area contributed by atoms with Crippen molar-refractivity contribution in [2.24, 2.45) is 11.0 Å². The van der Waals surface area contributed by atoms with Crippen LogP contribution in [0.5, 0.6) is 0 Å². The minimum Gasteiger partial charge on any atom is -0.378 e. The molecule has 0 heterocycles. The number of benzene rings is 1. The Hall–Kier alpha value is -2.10. The predicted molar refractivity (Wildman–Crippen MR) is 83.2 cm³/mol. The standard InChI is InChI=1S/C16H21N3O/c1-19(2)15-10-8-14(9-11-15)16(20)18-17-12-13-6-4-3-5-7-13/h3-4,8-13H,5-7H2,1-2H3,(H,18,20)/b17-12+. The number of hydrogen-bond donors (Lipinski definition) is 1. The lowest BCUT2D eigenvalue weighted by Gasteiger charge is -2.13. The maximum absolute atomic E-state index is 11.9. The topological polar surface area (TPSA) is 44.7 Å². The highest BCUT2D eigenvalue weighted by Gasteiger charge is 2.07. The van der Waals surface area contributed by atoms with Crippen LogP contribution >= 0.6 is 0 Å². The van der Waals surface area contributed by atoms with E-state index in [9.17, 15) is 4.79 Å². The van der Waals surface area contributed by atoms with Crippen LogP contribution in [0.3, 0.4) is 0 Å². The molecule has 1 aromatic rings. The molecular formula is C16H21N3O. The normalized spacial score (nSPS) is 18.2. The van der Waals surface area contributed by atoms with Crippen LogP contribution in [0.15, 0.2) is 41.5 Å². The Morgan fingerprint density at radius 3 is 2.65 bits per heavy atom. The number of carbonyl (C=O) groups is 1. The summed E-state index contributed by atoms with van der Waals surface area (Å²) in [6.07, 6.45) is 9.41. The van der Waals surface area contributed by atoms with Gasteiger partial charge in [0.1, 0.15) is 0 Å². The van der Waals surface area contributed by atoms with Crippen LogP contribution in [0.1, 0.15) is 29.6 Å². The Morgan fingerprint density at radius 2 is 2.05 bits per heavy atom. The number of allylic oxidation sites excluding steroid dienone is 2. The van der Waals surface area contributed by atoms with Crippen LogP contribution in [0, 0.1) is 5.92 Å². The summed E-state index contributed by atoms with van der Waals surface area (Å²) >= 11 is 0. The summed E-state index contributed by atoms with van der Waals surface area (Å²) in [5.41, 5.74) is 4.28. The minimum absolute atomic E-state index is 0.169. The number of carbonyl (C=O) groups excluding carboxylic acids is 1. The van der Waals surface area contributed by atoms with Crippen molar-refractivity contribution in [2.75, 3.05) is 19.0 Å². The van der Waals surface area contributed by atoms with Crippen molar-refractivity contribution in [3.8, 4) is 0 Å². The molecule has 0 aliphatic heterocycles. The lowest BCUT2D eigenvalue weighted by molar-refractivity contribution is 0.0955. The first-order valence-electron chi connectivity index (χ1n) is 6.92. The fourth-order valence-corrected chi connectivity index (χ4v) is 2.13. The summed E-state index contributed by atoms with van der Waals surface area (Å²) in [4.78, 5) is 13.9. The highest BCUT2D eigenvalue weighted by atomic mass is 16.2. The largest absolute Gasteiger partial charge is 0.378 e. The Bertz CT molecular complexity index is 503. The number of anilines is 1. The first-order valence-corrected chi connectivity index (χ1v) is 6.92. The smallest absolute Gasteiger partial charge is 0.271 e. The maximum Gasteiger partial charge on any atom is 0.271 e. The second kappa shape index (κ2) is 6.89. The van der Waals surface area contributed by atoms with Gasteiger partial charge >= 0.3 is 0 Å². The number of nitrogens with one attached hydrogen (secondary N) is 1. The zero-order valence-corrected chi connectivity index (χ0v) is 12.0. The minimum atomic E-state index is -0.169. The summed E-state index contributed by atoms with van der Waals surface area (Å²) in [7, 11) is 3.94.